The molecule has 0 spiro atoms. The molecule has 1 aliphatic carbocycles. The van der Waals surface area contributed by atoms with Gasteiger partial charge < -0.3 is 0 Å². The Labute approximate surface area is 111 Å². The maximum Gasteiger partial charge on any atom is 0.150 e. The van der Waals surface area contributed by atoms with E-state index < -0.39 is 9.84 Å². The topological polar surface area (TPSA) is 72.2 Å². The van der Waals surface area contributed by atoms with Crippen LogP contribution >= 0.6 is 0 Å². The van der Waals surface area contributed by atoms with Gasteiger partial charge in [-0.25, -0.2) is 8.42 Å². The average Bonchev–Trinajstić information content (AvgIpc) is 2.67. The van der Waals surface area contributed by atoms with Gasteiger partial charge in [0.15, 0.2) is 9.84 Å². The summed E-state index contributed by atoms with van der Waals surface area (Å²) < 4.78 is 23.0. The van der Waals surface area contributed by atoms with Crippen LogP contribution in [0.15, 0.2) is 0 Å². The molecule has 2 fully saturated rings. The Bertz CT molecular complexity index is 361. The molecule has 18 heavy (non-hydrogen) atoms. The van der Waals surface area contributed by atoms with Gasteiger partial charge >= 0.3 is 0 Å². The Morgan fingerprint density at radius 1 is 1.22 bits per heavy atom. The molecule has 2 atom stereocenters. The number of rotatable bonds is 4. The highest BCUT2D eigenvalue weighted by Crippen LogP contribution is 2.33. The predicted octanol–water partition coefficient (Wildman–Crippen LogP) is 1.47. The lowest BCUT2D eigenvalue weighted by molar-refractivity contribution is 0.210. The van der Waals surface area contributed by atoms with Crippen LogP contribution in [0.25, 0.3) is 0 Å². The molecule has 0 aromatic rings. The SMILES string of the molecule is CC1CCC(C(CC2CCS(=O)(=O)C2)NN)CC1. The third-order valence-electron chi connectivity index (χ3n) is 4.76. The Kier molecular flexibility index (Phi) is 4.67. The minimum Gasteiger partial charge on any atom is -0.271 e. The smallest absolute Gasteiger partial charge is 0.150 e. The molecule has 1 heterocycles. The van der Waals surface area contributed by atoms with Gasteiger partial charge in [-0.15, -0.1) is 0 Å². The van der Waals surface area contributed by atoms with Crippen LogP contribution in [0.2, 0.25) is 0 Å². The van der Waals surface area contributed by atoms with Crippen LogP contribution in [0, 0.1) is 17.8 Å². The van der Waals surface area contributed by atoms with E-state index >= 15 is 0 Å². The van der Waals surface area contributed by atoms with Gasteiger partial charge in [-0.1, -0.05) is 19.8 Å². The largest absolute Gasteiger partial charge is 0.271 e. The van der Waals surface area contributed by atoms with E-state index in [4.69, 9.17) is 5.84 Å². The molecule has 2 aliphatic rings. The highest BCUT2D eigenvalue weighted by Gasteiger charge is 2.33. The number of nitrogens with one attached hydrogen (secondary N) is 1. The van der Waals surface area contributed by atoms with Crippen molar-refractivity contribution in [1.82, 2.24) is 5.43 Å². The second kappa shape index (κ2) is 5.88. The molecular formula is C13H26N2O2S. The summed E-state index contributed by atoms with van der Waals surface area (Å²) in [5.41, 5.74) is 2.95. The lowest BCUT2D eigenvalue weighted by Crippen LogP contribution is -2.43. The first-order valence-electron chi connectivity index (χ1n) is 7.16. The molecule has 0 aromatic carbocycles. The molecule has 1 saturated heterocycles. The molecule has 0 radical (unpaired) electrons. The summed E-state index contributed by atoms with van der Waals surface area (Å²) in [7, 11) is -2.76. The fraction of sp³-hybridized carbons (Fsp3) is 1.00. The van der Waals surface area contributed by atoms with Gasteiger partial charge in [0.25, 0.3) is 0 Å². The van der Waals surface area contributed by atoms with Crippen molar-refractivity contribution >= 4 is 9.84 Å². The van der Waals surface area contributed by atoms with E-state index in [0.29, 0.717) is 29.4 Å². The van der Waals surface area contributed by atoms with Crippen LogP contribution < -0.4 is 11.3 Å². The van der Waals surface area contributed by atoms with Crippen LogP contribution in [0.1, 0.15) is 45.4 Å². The van der Waals surface area contributed by atoms with E-state index in [-0.39, 0.29) is 0 Å². The monoisotopic (exact) mass is 274 g/mol. The van der Waals surface area contributed by atoms with Crippen molar-refractivity contribution in [2.75, 3.05) is 11.5 Å². The number of hydrogen-bond acceptors (Lipinski definition) is 4. The number of sulfone groups is 1. The van der Waals surface area contributed by atoms with Gasteiger partial charge in [-0.05, 0) is 43.4 Å². The molecule has 1 aliphatic heterocycles. The van der Waals surface area contributed by atoms with E-state index in [2.05, 4.69) is 12.3 Å². The fourth-order valence-corrected chi connectivity index (χ4v) is 5.38. The van der Waals surface area contributed by atoms with Crippen molar-refractivity contribution in [3.8, 4) is 0 Å². The minimum absolute atomic E-state index is 0.302. The van der Waals surface area contributed by atoms with Crippen molar-refractivity contribution in [2.24, 2.45) is 23.6 Å². The second-order valence-corrected chi connectivity index (χ2v) is 8.53. The molecule has 106 valence electrons. The van der Waals surface area contributed by atoms with E-state index in [1.807, 2.05) is 0 Å². The van der Waals surface area contributed by atoms with Crippen LogP contribution in [0.5, 0.6) is 0 Å². The molecule has 2 unspecified atom stereocenters. The third kappa shape index (κ3) is 3.68. The van der Waals surface area contributed by atoms with Crippen LogP contribution in [-0.4, -0.2) is 26.0 Å². The van der Waals surface area contributed by atoms with Gasteiger partial charge in [-0.2, -0.15) is 0 Å². The summed E-state index contributed by atoms with van der Waals surface area (Å²) in [5.74, 6) is 8.21. The predicted molar refractivity (Wildman–Crippen MR) is 73.6 cm³/mol. The molecule has 4 nitrogen and oxygen atoms in total. The van der Waals surface area contributed by atoms with Crippen LogP contribution in [0.3, 0.4) is 0 Å². The van der Waals surface area contributed by atoms with Crippen LogP contribution in [-0.2, 0) is 9.84 Å². The number of hydrogen-bond donors (Lipinski definition) is 2. The summed E-state index contributed by atoms with van der Waals surface area (Å²) >= 11 is 0. The van der Waals surface area contributed by atoms with Crippen molar-refractivity contribution in [3.63, 3.8) is 0 Å². The van der Waals surface area contributed by atoms with Crippen molar-refractivity contribution < 1.29 is 8.42 Å². The summed E-state index contributed by atoms with van der Waals surface area (Å²) in [6.07, 6.45) is 6.78. The number of nitrogens with two attached hydrogens (primary N) is 1. The zero-order chi connectivity index (χ0) is 13.2. The first-order chi connectivity index (χ1) is 8.50. The molecule has 0 amide bonds. The maximum atomic E-state index is 11.5. The molecule has 0 bridgehead atoms. The van der Waals surface area contributed by atoms with Gasteiger partial charge in [0.1, 0.15) is 0 Å². The Hall–Kier alpha value is -0.130. The summed E-state index contributed by atoms with van der Waals surface area (Å²) in [6.45, 7) is 2.31. The Balaban J connectivity index is 1.86. The second-order valence-electron chi connectivity index (χ2n) is 6.30. The van der Waals surface area contributed by atoms with E-state index in [9.17, 15) is 8.42 Å². The molecule has 5 heteroatoms. The maximum absolute atomic E-state index is 11.5. The lowest BCUT2D eigenvalue weighted by atomic mass is 9.77. The summed E-state index contributed by atoms with van der Waals surface area (Å²) in [4.78, 5) is 0. The zero-order valence-electron chi connectivity index (χ0n) is 11.3. The lowest BCUT2D eigenvalue weighted by Gasteiger charge is -2.33. The third-order valence-corrected chi connectivity index (χ3v) is 6.59. The van der Waals surface area contributed by atoms with Crippen molar-refractivity contribution in [2.45, 2.75) is 51.5 Å². The first kappa shape index (κ1) is 14.3. The van der Waals surface area contributed by atoms with Gasteiger partial charge in [0.2, 0.25) is 0 Å². The normalized spacial score (nSPS) is 37.6. The van der Waals surface area contributed by atoms with Gasteiger partial charge in [0.05, 0.1) is 11.5 Å². The quantitative estimate of drug-likeness (QED) is 0.601. The van der Waals surface area contributed by atoms with Gasteiger partial charge in [-0.3, -0.25) is 11.3 Å². The number of hydrazine groups is 1. The molecule has 3 N–H and O–H groups in total. The van der Waals surface area contributed by atoms with E-state index in [1.165, 1.54) is 25.7 Å². The highest BCUT2D eigenvalue weighted by atomic mass is 32.2. The summed E-state index contributed by atoms with van der Waals surface area (Å²) in [6, 6.07) is 0.302. The average molecular weight is 274 g/mol. The van der Waals surface area contributed by atoms with Crippen LogP contribution in [0.4, 0.5) is 0 Å². The van der Waals surface area contributed by atoms with Crippen molar-refractivity contribution in [1.29, 1.82) is 0 Å². The fourth-order valence-electron chi connectivity index (χ4n) is 3.50. The standard InChI is InChI=1S/C13H26N2O2S/c1-10-2-4-12(5-3-10)13(15-14)8-11-6-7-18(16,17)9-11/h10-13,15H,2-9,14H2,1H3. The highest BCUT2D eigenvalue weighted by molar-refractivity contribution is 7.91. The molecular weight excluding hydrogens is 248 g/mol. The van der Waals surface area contributed by atoms with Gasteiger partial charge in [0, 0.05) is 6.04 Å². The molecule has 1 saturated carbocycles. The van der Waals surface area contributed by atoms with Crippen molar-refractivity contribution in [3.05, 3.63) is 0 Å². The molecule has 0 aromatic heterocycles. The first-order valence-corrected chi connectivity index (χ1v) is 8.99. The summed E-state index contributed by atoms with van der Waals surface area (Å²) in [5, 5.41) is 0. The molecule has 2 rings (SSSR count). The Morgan fingerprint density at radius 2 is 1.89 bits per heavy atom. The zero-order valence-corrected chi connectivity index (χ0v) is 12.1. The Morgan fingerprint density at radius 3 is 2.39 bits per heavy atom. The van der Waals surface area contributed by atoms with E-state index in [1.54, 1.807) is 0 Å². The van der Waals surface area contributed by atoms with E-state index in [0.717, 1.165) is 18.8 Å². The minimum atomic E-state index is -2.76.